The Morgan fingerprint density at radius 2 is 1.76 bits per heavy atom. The summed E-state index contributed by atoms with van der Waals surface area (Å²) in [5, 5.41) is 30.7. The Bertz CT molecular complexity index is 1620. The van der Waals surface area contributed by atoms with Crippen LogP contribution in [0.4, 0.5) is 9.59 Å². The summed E-state index contributed by atoms with van der Waals surface area (Å²) in [5.74, 6) is 0.458. The first-order valence-electron chi connectivity index (χ1n) is 17.4. The van der Waals surface area contributed by atoms with Crippen molar-refractivity contribution in [3.63, 3.8) is 0 Å². The molecule has 0 unspecified atom stereocenters. The summed E-state index contributed by atoms with van der Waals surface area (Å²) >= 11 is 0. The van der Waals surface area contributed by atoms with E-state index in [2.05, 4.69) is 10.6 Å². The van der Waals surface area contributed by atoms with Gasteiger partial charge in [0, 0.05) is 37.2 Å². The average molecular weight is 732 g/mol. The standard InChI is InChI=1S/C36H52N4O10S/c1-35(2,3)38-33(42)37-16-9-15-36(4,5)22-39(51(45,46)25-12-13-30-31(19-25)50-23-49-30)20-29(41)27(18-24-10-7-6-8-11-24)40(34(43)44)28-21-48-32-26(28)14-17-47-32/h6-8,10-13,19,26-29,32,41H,9,14-18,20-23H2,1-5H3,(H,43,44)(H2,37,38,42)/p-1/t26-,27-,28-,29+,32+/m0/s1. The van der Waals surface area contributed by atoms with E-state index in [-0.39, 0.29) is 49.0 Å². The number of aliphatic hydroxyl groups is 1. The molecular weight excluding hydrogens is 680 g/mol. The van der Waals surface area contributed by atoms with Gasteiger partial charge in [-0.1, -0.05) is 44.2 Å². The molecule has 3 amide bonds. The summed E-state index contributed by atoms with van der Waals surface area (Å²) in [5.41, 5.74) is -0.253. The second kappa shape index (κ2) is 15.9. The first-order chi connectivity index (χ1) is 24.0. The lowest BCUT2D eigenvalue weighted by Gasteiger charge is -2.43. The highest BCUT2D eigenvalue weighted by Crippen LogP contribution is 2.38. The summed E-state index contributed by atoms with van der Waals surface area (Å²) in [6, 6.07) is 11.5. The number of aliphatic hydroxyl groups excluding tert-OH is 1. The van der Waals surface area contributed by atoms with Crippen molar-refractivity contribution in [2.24, 2.45) is 11.3 Å². The van der Waals surface area contributed by atoms with E-state index in [0.29, 0.717) is 38.2 Å². The number of nitrogens with one attached hydrogen (secondary N) is 2. The molecule has 2 saturated heterocycles. The van der Waals surface area contributed by atoms with Crippen molar-refractivity contribution in [1.29, 1.82) is 0 Å². The van der Waals surface area contributed by atoms with Crippen molar-refractivity contribution in [3.8, 4) is 11.5 Å². The van der Waals surface area contributed by atoms with Gasteiger partial charge in [0.15, 0.2) is 17.8 Å². The van der Waals surface area contributed by atoms with Crippen LogP contribution >= 0.6 is 0 Å². The number of carbonyl (C=O) groups is 2. The SMILES string of the molecule is CC(C)(CCCNC(=O)NC(C)(C)C)CN(C[C@@H](O)[C@H](Cc1ccccc1)N(C(=O)[O-])[C@H]1CO[C@H]2OCC[C@H]21)S(=O)(=O)c1ccc2c(c1)OCO2. The zero-order valence-electron chi connectivity index (χ0n) is 30.0. The van der Waals surface area contributed by atoms with Gasteiger partial charge in [0.2, 0.25) is 16.8 Å². The number of hydrogen-bond acceptors (Lipinski definition) is 10. The molecule has 2 fully saturated rings. The lowest BCUT2D eigenvalue weighted by atomic mass is 9.87. The van der Waals surface area contributed by atoms with Crippen molar-refractivity contribution in [3.05, 3.63) is 54.1 Å². The van der Waals surface area contributed by atoms with Crippen molar-refractivity contribution in [2.75, 3.05) is 39.6 Å². The number of carbonyl (C=O) groups excluding carboxylic acids is 2. The van der Waals surface area contributed by atoms with Gasteiger partial charge < -0.3 is 49.5 Å². The largest absolute Gasteiger partial charge is 0.530 e. The van der Waals surface area contributed by atoms with E-state index in [1.807, 2.05) is 65.0 Å². The van der Waals surface area contributed by atoms with E-state index < -0.39 is 58.1 Å². The fraction of sp³-hybridized carbons (Fsp3) is 0.611. The number of carboxylic acid groups (broad SMARTS) is 1. The normalized spacial score (nSPS) is 21.3. The fourth-order valence-electron chi connectivity index (χ4n) is 7.00. The molecule has 0 bridgehead atoms. The van der Waals surface area contributed by atoms with Crippen molar-refractivity contribution < 1.29 is 47.2 Å². The number of rotatable bonds is 15. The van der Waals surface area contributed by atoms with Gasteiger partial charge >= 0.3 is 6.03 Å². The lowest BCUT2D eigenvalue weighted by molar-refractivity contribution is -0.273. The van der Waals surface area contributed by atoms with Crippen molar-refractivity contribution in [2.45, 2.75) is 95.2 Å². The molecule has 3 heterocycles. The van der Waals surface area contributed by atoms with E-state index in [1.165, 1.54) is 22.5 Å². The van der Waals surface area contributed by atoms with E-state index in [1.54, 1.807) is 0 Å². The molecule has 2 aromatic rings. The molecule has 0 radical (unpaired) electrons. The summed E-state index contributed by atoms with van der Waals surface area (Å²) < 4.78 is 52.4. The van der Waals surface area contributed by atoms with E-state index >= 15 is 0 Å². The molecule has 14 nitrogen and oxygen atoms in total. The number of sulfonamides is 1. The number of benzene rings is 2. The van der Waals surface area contributed by atoms with Crippen LogP contribution in [0.25, 0.3) is 0 Å². The Morgan fingerprint density at radius 3 is 2.47 bits per heavy atom. The minimum absolute atomic E-state index is 0.0104. The maximum atomic E-state index is 14.5. The third kappa shape index (κ3) is 9.83. The van der Waals surface area contributed by atoms with Crippen LogP contribution in [0.5, 0.6) is 11.5 Å². The van der Waals surface area contributed by atoms with Crippen LogP contribution in [0, 0.1) is 11.3 Å². The molecule has 5 atom stereocenters. The number of nitrogens with zero attached hydrogens (tertiary/aromatic N) is 2. The fourth-order valence-corrected chi connectivity index (χ4v) is 8.66. The van der Waals surface area contributed by atoms with Gasteiger partial charge in [-0.3, -0.25) is 0 Å². The molecule has 3 N–H and O–H groups in total. The highest BCUT2D eigenvalue weighted by Gasteiger charge is 2.47. The molecular formula is C36H51N4O10S-. The lowest BCUT2D eigenvalue weighted by Crippen LogP contribution is -2.61. The molecule has 0 spiro atoms. The monoisotopic (exact) mass is 731 g/mol. The van der Waals surface area contributed by atoms with Gasteiger partial charge in [-0.05, 0) is 69.6 Å². The van der Waals surface area contributed by atoms with E-state index in [4.69, 9.17) is 18.9 Å². The molecule has 15 heteroatoms. The Hall–Kier alpha value is -3.63. The van der Waals surface area contributed by atoms with Crippen molar-refractivity contribution >= 4 is 22.1 Å². The topological polar surface area (TPSA) is 179 Å². The predicted octanol–water partition coefficient (Wildman–Crippen LogP) is 2.69. The summed E-state index contributed by atoms with van der Waals surface area (Å²) in [4.78, 5) is 26.3. The zero-order valence-corrected chi connectivity index (χ0v) is 30.8. The summed E-state index contributed by atoms with van der Waals surface area (Å²) in [6.07, 6.45) is -1.72. The third-order valence-electron chi connectivity index (χ3n) is 9.45. The van der Waals surface area contributed by atoms with Crippen molar-refractivity contribution in [1.82, 2.24) is 19.8 Å². The number of fused-ring (bicyclic) bond motifs is 2. The molecule has 51 heavy (non-hydrogen) atoms. The second-order valence-corrected chi connectivity index (χ2v) is 17.2. The third-order valence-corrected chi connectivity index (χ3v) is 11.3. The predicted molar refractivity (Wildman–Crippen MR) is 185 cm³/mol. The Balaban J connectivity index is 1.42. The van der Waals surface area contributed by atoms with Crippen LogP contribution in [0.15, 0.2) is 53.4 Å². The van der Waals surface area contributed by atoms with Gasteiger partial charge in [0.05, 0.1) is 36.3 Å². The highest BCUT2D eigenvalue weighted by atomic mass is 32.2. The number of urea groups is 1. The van der Waals surface area contributed by atoms with Crippen LogP contribution in [0.3, 0.4) is 0 Å². The number of amides is 3. The maximum absolute atomic E-state index is 14.5. The minimum atomic E-state index is -4.27. The molecule has 282 valence electrons. The van der Waals surface area contributed by atoms with Crippen LogP contribution < -0.4 is 25.2 Å². The van der Waals surface area contributed by atoms with Crippen LogP contribution in [0.2, 0.25) is 0 Å². The second-order valence-electron chi connectivity index (χ2n) is 15.3. The maximum Gasteiger partial charge on any atom is 0.315 e. The molecule has 0 aliphatic carbocycles. The molecule has 2 aromatic carbocycles. The Morgan fingerprint density at radius 1 is 1.04 bits per heavy atom. The summed E-state index contributed by atoms with van der Waals surface area (Å²) in [6.45, 7) is 9.90. The molecule has 3 aliphatic heterocycles. The van der Waals surface area contributed by atoms with Gasteiger partial charge in [-0.25, -0.2) is 13.2 Å². The minimum Gasteiger partial charge on any atom is -0.530 e. The average Bonchev–Trinajstić information content (AvgIpc) is 3.80. The van der Waals surface area contributed by atoms with Crippen LogP contribution in [-0.4, -0.2) is 105 Å². The first-order valence-corrected chi connectivity index (χ1v) is 18.9. The molecule has 0 aromatic heterocycles. The Labute approximate surface area is 300 Å². The van der Waals surface area contributed by atoms with Gasteiger partial charge in [-0.2, -0.15) is 4.31 Å². The molecule has 0 saturated carbocycles. The molecule has 5 rings (SSSR count). The van der Waals surface area contributed by atoms with Gasteiger partial charge in [0.25, 0.3) is 0 Å². The van der Waals surface area contributed by atoms with Gasteiger partial charge in [0.1, 0.15) is 6.09 Å². The summed E-state index contributed by atoms with van der Waals surface area (Å²) in [7, 11) is -4.27. The Kier molecular flexibility index (Phi) is 12.1. The van der Waals surface area contributed by atoms with E-state index in [9.17, 15) is 28.2 Å². The quantitative estimate of drug-likeness (QED) is 0.231. The van der Waals surface area contributed by atoms with Gasteiger partial charge in [-0.15, -0.1) is 0 Å². The smallest absolute Gasteiger partial charge is 0.315 e. The highest BCUT2D eigenvalue weighted by molar-refractivity contribution is 7.89. The molecule has 3 aliphatic rings. The first kappa shape index (κ1) is 38.6. The van der Waals surface area contributed by atoms with E-state index in [0.717, 1.165) is 10.5 Å². The zero-order chi connectivity index (χ0) is 37.0. The van der Waals surface area contributed by atoms with Crippen LogP contribution in [-0.2, 0) is 25.9 Å². The number of hydrogen-bond donors (Lipinski definition) is 3. The van der Waals surface area contributed by atoms with Crippen LogP contribution in [0.1, 0.15) is 59.4 Å². The number of ether oxygens (including phenoxy) is 4.